The van der Waals surface area contributed by atoms with Gasteiger partial charge in [-0.1, -0.05) is 18.2 Å². The van der Waals surface area contributed by atoms with Crippen LogP contribution in [0.2, 0.25) is 0 Å². The van der Waals surface area contributed by atoms with Gasteiger partial charge in [-0.3, -0.25) is 4.79 Å². The van der Waals surface area contributed by atoms with Crippen molar-refractivity contribution in [3.63, 3.8) is 0 Å². The molecule has 1 aliphatic rings. The Bertz CT molecular complexity index is 723. The lowest BCUT2D eigenvalue weighted by molar-refractivity contribution is 0.0939. The average Bonchev–Trinajstić information content (AvgIpc) is 3.00. The fraction of sp³-hybridized carbons (Fsp3) is 0.333. The smallest absolute Gasteiger partial charge is 0.274 e. The predicted molar refractivity (Wildman–Crippen MR) is 103 cm³/mol. The molecule has 3 rings (SSSR count). The number of benzene rings is 1. The SMILES string of the molecule is CC(C)Oc1cccnc1C(=O)NCc1ccc2c(c1)CNC2.Cl.Cl. The van der Waals surface area contributed by atoms with Gasteiger partial charge in [0.1, 0.15) is 0 Å². The zero-order valence-corrected chi connectivity index (χ0v) is 15.9. The standard InChI is InChI=1S/C18H21N3O2.2ClH/c1-12(2)23-16-4-3-7-20-17(16)18(22)21-9-13-5-6-14-10-19-11-15(14)8-13;;/h3-8,12,19H,9-11H2,1-2H3,(H,21,22);2*1H. The molecule has 0 saturated carbocycles. The molecular weight excluding hydrogens is 361 g/mol. The number of carbonyl (C=O) groups excluding carboxylic acids is 1. The lowest BCUT2D eigenvalue weighted by Crippen LogP contribution is -2.25. The molecule has 2 aromatic rings. The van der Waals surface area contributed by atoms with Crippen molar-refractivity contribution in [1.82, 2.24) is 15.6 Å². The van der Waals surface area contributed by atoms with Gasteiger partial charge < -0.3 is 15.4 Å². The predicted octanol–water partition coefficient (Wildman–Crippen LogP) is 3.25. The molecule has 0 bridgehead atoms. The maximum atomic E-state index is 12.4. The molecule has 1 amide bonds. The van der Waals surface area contributed by atoms with E-state index < -0.39 is 0 Å². The molecule has 136 valence electrons. The molecule has 0 aliphatic carbocycles. The van der Waals surface area contributed by atoms with Crippen molar-refractivity contribution >= 4 is 30.7 Å². The van der Waals surface area contributed by atoms with Crippen LogP contribution in [-0.2, 0) is 19.6 Å². The summed E-state index contributed by atoms with van der Waals surface area (Å²) in [5.74, 6) is 0.290. The number of nitrogens with one attached hydrogen (secondary N) is 2. The normalized spacial score (nSPS) is 12.0. The third-order valence-corrected chi connectivity index (χ3v) is 3.70. The number of halogens is 2. The first kappa shape index (κ1) is 21.2. The highest BCUT2D eigenvalue weighted by Gasteiger charge is 2.15. The summed E-state index contributed by atoms with van der Waals surface area (Å²) in [6, 6.07) is 9.84. The second-order valence-corrected chi connectivity index (χ2v) is 5.91. The van der Waals surface area contributed by atoms with E-state index in [4.69, 9.17) is 4.74 Å². The van der Waals surface area contributed by atoms with Gasteiger partial charge >= 0.3 is 0 Å². The summed E-state index contributed by atoms with van der Waals surface area (Å²) >= 11 is 0. The number of hydrogen-bond acceptors (Lipinski definition) is 4. The number of fused-ring (bicyclic) bond motifs is 1. The van der Waals surface area contributed by atoms with Gasteiger partial charge in [-0.05, 0) is 42.7 Å². The van der Waals surface area contributed by atoms with Crippen molar-refractivity contribution in [1.29, 1.82) is 0 Å². The van der Waals surface area contributed by atoms with Gasteiger partial charge in [0, 0.05) is 25.8 Å². The van der Waals surface area contributed by atoms with E-state index in [-0.39, 0.29) is 36.8 Å². The summed E-state index contributed by atoms with van der Waals surface area (Å²) in [6.45, 7) is 6.14. The number of rotatable bonds is 5. The molecule has 0 spiro atoms. The Labute approximate surface area is 160 Å². The first-order chi connectivity index (χ1) is 11.1. The summed E-state index contributed by atoms with van der Waals surface area (Å²) in [5.41, 5.74) is 4.04. The number of hydrogen-bond donors (Lipinski definition) is 2. The molecular formula is C18H23Cl2N3O2. The van der Waals surface area contributed by atoms with E-state index in [1.165, 1.54) is 11.1 Å². The molecule has 7 heteroatoms. The number of aromatic nitrogens is 1. The third-order valence-electron chi connectivity index (χ3n) is 3.70. The molecule has 1 aromatic heterocycles. The van der Waals surface area contributed by atoms with Crippen LogP contribution in [0.25, 0.3) is 0 Å². The molecule has 2 heterocycles. The Balaban J connectivity index is 0.00000156. The second-order valence-electron chi connectivity index (χ2n) is 5.91. The highest BCUT2D eigenvalue weighted by atomic mass is 35.5. The van der Waals surface area contributed by atoms with Gasteiger partial charge in [-0.15, -0.1) is 24.8 Å². The van der Waals surface area contributed by atoms with Crippen LogP contribution in [-0.4, -0.2) is 17.0 Å². The van der Waals surface area contributed by atoms with Crippen molar-refractivity contribution in [3.8, 4) is 5.75 Å². The van der Waals surface area contributed by atoms with Crippen LogP contribution in [0.4, 0.5) is 0 Å². The molecule has 1 aliphatic heterocycles. The van der Waals surface area contributed by atoms with E-state index in [0.717, 1.165) is 18.7 Å². The monoisotopic (exact) mass is 383 g/mol. The molecule has 25 heavy (non-hydrogen) atoms. The quantitative estimate of drug-likeness (QED) is 0.831. The van der Waals surface area contributed by atoms with Crippen molar-refractivity contribution < 1.29 is 9.53 Å². The highest BCUT2D eigenvalue weighted by molar-refractivity contribution is 5.94. The van der Waals surface area contributed by atoms with E-state index in [2.05, 4.69) is 33.8 Å². The molecule has 2 N–H and O–H groups in total. The minimum Gasteiger partial charge on any atom is -0.489 e. The van der Waals surface area contributed by atoms with E-state index in [1.54, 1.807) is 18.3 Å². The van der Waals surface area contributed by atoms with Gasteiger partial charge in [-0.25, -0.2) is 4.98 Å². The van der Waals surface area contributed by atoms with E-state index in [9.17, 15) is 4.79 Å². The molecule has 0 unspecified atom stereocenters. The Morgan fingerprint density at radius 3 is 2.76 bits per heavy atom. The maximum absolute atomic E-state index is 12.4. The maximum Gasteiger partial charge on any atom is 0.274 e. The number of pyridine rings is 1. The molecule has 1 aromatic carbocycles. The fourth-order valence-corrected chi connectivity index (χ4v) is 2.63. The third kappa shape index (κ3) is 5.33. The Morgan fingerprint density at radius 2 is 2.00 bits per heavy atom. The minimum absolute atomic E-state index is 0. The first-order valence-corrected chi connectivity index (χ1v) is 7.85. The number of nitrogens with zero attached hydrogens (tertiary/aromatic N) is 1. The zero-order chi connectivity index (χ0) is 16.2. The van der Waals surface area contributed by atoms with Gasteiger partial charge in [-0.2, -0.15) is 0 Å². The summed E-state index contributed by atoms with van der Waals surface area (Å²) in [4.78, 5) is 16.5. The molecule has 0 radical (unpaired) electrons. The fourth-order valence-electron chi connectivity index (χ4n) is 2.63. The van der Waals surface area contributed by atoms with Crippen LogP contribution in [0.5, 0.6) is 5.75 Å². The van der Waals surface area contributed by atoms with Crippen LogP contribution in [0, 0.1) is 0 Å². The highest BCUT2D eigenvalue weighted by Crippen LogP contribution is 2.18. The zero-order valence-electron chi connectivity index (χ0n) is 14.2. The summed E-state index contributed by atoms with van der Waals surface area (Å²) < 4.78 is 5.65. The lowest BCUT2D eigenvalue weighted by atomic mass is 10.1. The van der Waals surface area contributed by atoms with Crippen LogP contribution >= 0.6 is 24.8 Å². The Morgan fingerprint density at radius 1 is 1.24 bits per heavy atom. The van der Waals surface area contributed by atoms with Crippen molar-refractivity contribution in [2.75, 3.05) is 0 Å². The van der Waals surface area contributed by atoms with Crippen LogP contribution in [0.1, 0.15) is 41.0 Å². The van der Waals surface area contributed by atoms with Crippen molar-refractivity contribution in [3.05, 3.63) is 58.9 Å². The van der Waals surface area contributed by atoms with Gasteiger partial charge in [0.2, 0.25) is 0 Å². The van der Waals surface area contributed by atoms with Gasteiger partial charge in [0.05, 0.1) is 6.10 Å². The number of ether oxygens (including phenoxy) is 1. The van der Waals surface area contributed by atoms with Crippen LogP contribution in [0.3, 0.4) is 0 Å². The number of amides is 1. The number of carbonyl (C=O) groups is 1. The molecule has 0 atom stereocenters. The Kier molecular flexibility index (Phi) is 8.16. The first-order valence-electron chi connectivity index (χ1n) is 7.85. The molecule has 5 nitrogen and oxygen atoms in total. The van der Waals surface area contributed by atoms with Gasteiger partial charge in [0.15, 0.2) is 11.4 Å². The van der Waals surface area contributed by atoms with E-state index in [1.807, 2.05) is 13.8 Å². The van der Waals surface area contributed by atoms with Crippen LogP contribution < -0.4 is 15.4 Å². The van der Waals surface area contributed by atoms with Crippen molar-refractivity contribution in [2.24, 2.45) is 0 Å². The minimum atomic E-state index is -0.222. The van der Waals surface area contributed by atoms with Gasteiger partial charge in [0.25, 0.3) is 5.91 Å². The Hall–Kier alpha value is -1.82. The second kappa shape index (κ2) is 9.61. The topological polar surface area (TPSA) is 63.2 Å². The molecule has 0 fully saturated rings. The summed E-state index contributed by atoms with van der Waals surface area (Å²) in [7, 11) is 0. The molecule has 0 saturated heterocycles. The van der Waals surface area contributed by atoms with E-state index >= 15 is 0 Å². The average molecular weight is 384 g/mol. The summed E-state index contributed by atoms with van der Waals surface area (Å²) in [6.07, 6.45) is 1.60. The van der Waals surface area contributed by atoms with Crippen molar-refractivity contribution in [2.45, 2.75) is 39.6 Å². The summed E-state index contributed by atoms with van der Waals surface area (Å²) in [5, 5.41) is 6.24. The largest absolute Gasteiger partial charge is 0.489 e. The van der Waals surface area contributed by atoms with Crippen LogP contribution in [0.15, 0.2) is 36.5 Å². The van der Waals surface area contributed by atoms with E-state index in [0.29, 0.717) is 18.0 Å². The lowest BCUT2D eigenvalue weighted by Gasteiger charge is -2.13.